The second-order valence-corrected chi connectivity index (χ2v) is 4.70. The average Bonchev–Trinajstić information content (AvgIpc) is 2.69. The maximum absolute atomic E-state index is 4.52. The number of hydrogen-bond acceptors (Lipinski definition) is 4. The molecule has 16 heavy (non-hydrogen) atoms. The van der Waals surface area contributed by atoms with Crippen molar-refractivity contribution in [2.24, 2.45) is 0 Å². The zero-order chi connectivity index (χ0) is 11.0. The molecule has 0 bridgehead atoms. The highest BCUT2D eigenvalue weighted by Crippen LogP contribution is 2.39. The lowest BCUT2D eigenvalue weighted by Gasteiger charge is -2.27. The lowest BCUT2D eigenvalue weighted by molar-refractivity contribution is 0.672. The third kappa shape index (κ3) is 1.50. The topological polar surface area (TPSA) is 37.8 Å². The number of nitrogens with zero attached hydrogens (tertiary/aromatic N) is 2. The Hall–Kier alpha value is -1.42. The van der Waals surface area contributed by atoms with Crippen LogP contribution in [0.3, 0.4) is 0 Å². The van der Waals surface area contributed by atoms with E-state index in [1.54, 1.807) is 0 Å². The van der Waals surface area contributed by atoms with Gasteiger partial charge in [0.25, 0.3) is 0 Å². The molecule has 0 radical (unpaired) electrons. The quantitative estimate of drug-likeness (QED) is 0.882. The summed E-state index contributed by atoms with van der Waals surface area (Å²) in [7, 11) is 0. The van der Waals surface area contributed by atoms with Gasteiger partial charge in [-0.2, -0.15) is 4.37 Å². The fraction of sp³-hybridized carbons (Fsp3) is 0.333. The molecule has 2 aromatic rings. The van der Waals surface area contributed by atoms with Crippen LogP contribution in [0.5, 0.6) is 0 Å². The molecule has 82 valence electrons. The van der Waals surface area contributed by atoms with Crippen molar-refractivity contribution in [1.29, 1.82) is 0 Å². The summed E-state index contributed by atoms with van der Waals surface area (Å²) in [5, 5.41) is 4.13. The molecule has 0 saturated heterocycles. The minimum absolute atomic E-state index is 0.417. The zero-order valence-corrected chi connectivity index (χ0v) is 9.92. The molecule has 1 unspecified atom stereocenters. The van der Waals surface area contributed by atoms with Crippen LogP contribution in [0.1, 0.15) is 29.8 Å². The first-order valence-corrected chi connectivity index (χ1v) is 6.31. The van der Waals surface area contributed by atoms with Gasteiger partial charge in [0, 0.05) is 24.0 Å². The Morgan fingerprint density at radius 2 is 2.31 bits per heavy atom. The summed E-state index contributed by atoms with van der Waals surface area (Å²) in [6, 6.07) is 8.54. The molecule has 3 nitrogen and oxygen atoms in total. The molecule has 1 aromatic carbocycles. The number of hydrogen-bond donors (Lipinski definition) is 1. The molecular weight excluding hydrogens is 218 g/mol. The lowest BCUT2D eigenvalue weighted by Crippen LogP contribution is -2.19. The van der Waals surface area contributed by atoms with Crippen molar-refractivity contribution in [2.45, 2.75) is 19.3 Å². The Labute approximate surface area is 98.7 Å². The maximum atomic E-state index is 4.52. The average molecular weight is 231 g/mol. The summed E-state index contributed by atoms with van der Waals surface area (Å²) in [4.78, 5) is 4.52. The van der Waals surface area contributed by atoms with E-state index in [2.05, 4.69) is 45.9 Å². The standard InChI is InChI=1S/C12H13N3S/c1-2-13-12-14-11(15-16-12)10-7-8-5-3-4-6-9(8)10/h3-6,10H,2,7H2,1H3,(H,13,14,15). The van der Waals surface area contributed by atoms with Gasteiger partial charge in [-0.3, -0.25) is 0 Å². The normalized spacial score (nSPS) is 17.7. The van der Waals surface area contributed by atoms with Crippen molar-refractivity contribution >= 4 is 16.7 Å². The van der Waals surface area contributed by atoms with Gasteiger partial charge < -0.3 is 5.32 Å². The summed E-state index contributed by atoms with van der Waals surface area (Å²) in [6.45, 7) is 2.97. The lowest BCUT2D eigenvalue weighted by atomic mass is 9.77. The molecule has 1 heterocycles. The Kier molecular flexibility index (Phi) is 2.36. The molecule has 0 amide bonds. The number of benzene rings is 1. The molecule has 0 spiro atoms. The molecular formula is C12H13N3S. The molecule has 0 saturated carbocycles. The number of nitrogens with one attached hydrogen (secondary N) is 1. The number of rotatable bonds is 3. The Bertz CT molecular complexity index is 506. The number of aromatic nitrogens is 2. The van der Waals surface area contributed by atoms with Crippen molar-refractivity contribution in [3.05, 3.63) is 41.2 Å². The summed E-state index contributed by atoms with van der Waals surface area (Å²) >= 11 is 1.45. The van der Waals surface area contributed by atoms with Gasteiger partial charge in [-0.15, -0.1) is 0 Å². The fourth-order valence-electron chi connectivity index (χ4n) is 2.09. The van der Waals surface area contributed by atoms with Gasteiger partial charge in [0.2, 0.25) is 5.13 Å². The Morgan fingerprint density at radius 3 is 3.12 bits per heavy atom. The van der Waals surface area contributed by atoms with Crippen molar-refractivity contribution in [2.75, 3.05) is 11.9 Å². The Balaban J connectivity index is 1.85. The second-order valence-electron chi connectivity index (χ2n) is 3.94. The van der Waals surface area contributed by atoms with E-state index in [1.165, 1.54) is 22.7 Å². The third-order valence-electron chi connectivity index (χ3n) is 2.94. The van der Waals surface area contributed by atoms with Crippen molar-refractivity contribution in [3.63, 3.8) is 0 Å². The van der Waals surface area contributed by atoms with Crippen LogP contribution in [0.2, 0.25) is 0 Å². The van der Waals surface area contributed by atoms with Crippen molar-refractivity contribution in [3.8, 4) is 0 Å². The van der Waals surface area contributed by atoms with Gasteiger partial charge in [-0.05, 0) is 24.5 Å². The second kappa shape index (κ2) is 3.87. The molecule has 0 fully saturated rings. The van der Waals surface area contributed by atoms with Crippen LogP contribution >= 0.6 is 11.5 Å². The van der Waals surface area contributed by atoms with E-state index in [0.717, 1.165) is 23.9 Å². The molecule has 1 N–H and O–H groups in total. The van der Waals surface area contributed by atoms with Crippen LogP contribution in [0.25, 0.3) is 0 Å². The SMILES string of the molecule is CCNc1nc(C2Cc3ccccc32)ns1. The van der Waals surface area contributed by atoms with E-state index in [0.29, 0.717) is 5.92 Å². The van der Waals surface area contributed by atoms with Gasteiger partial charge in [0.15, 0.2) is 5.82 Å². The van der Waals surface area contributed by atoms with E-state index in [1.807, 2.05) is 0 Å². The molecule has 1 aromatic heterocycles. The Morgan fingerprint density at radius 1 is 1.44 bits per heavy atom. The molecule has 1 atom stereocenters. The first kappa shape index (κ1) is 9.78. The molecule has 3 rings (SSSR count). The summed E-state index contributed by atoms with van der Waals surface area (Å²) in [5.74, 6) is 1.39. The molecule has 4 heteroatoms. The van der Waals surface area contributed by atoms with Crippen LogP contribution < -0.4 is 5.32 Å². The highest BCUT2D eigenvalue weighted by molar-refractivity contribution is 7.09. The molecule has 1 aliphatic rings. The third-order valence-corrected chi connectivity index (χ3v) is 3.62. The predicted octanol–water partition coefficient (Wildman–Crippen LogP) is 2.66. The first-order valence-electron chi connectivity index (χ1n) is 5.53. The summed E-state index contributed by atoms with van der Waals surface area (Å²) in [5.41, 5.74) is 2.83. The molecule has 1 aliphatic carbocycles. The van der Waals surface area contributed by atoms with Gasteiger partial charge in [-0.1, -0.05) is 24.3 Å². The monoisotopic (exact) mass is 231 g/mol. The van der Waals surface area contributed by atoms with Crippen LogP contribution in [-0.4, -0.2) is 15.9 Å². The number of anilines is 1. The summed E-state index contributed by atoms with van der Waals surface area (Å²) < 4.78 is 4.42. The highest BCUT2D eigenvalue weighted by atomic mass is 32.1. The minimum atomic E-state index is 0.417. The van der Waals surface area contributed by atoms with Gasteiger partial charge in [0.1, 0.15) is 0 Å². The van der Waals surface area contributed by atoms with Crippen LogP contribution in [0.4, 0.5) is 5.13 Å². The first-order chi connectivity index (χ1) is 7.88. The van der Waals surface area contributed by atoms with Crippen LogP contribution in [0.15, 0.2) is 24.3 Å². The van der Waals surface area contributed by atoms with Gasteiger partial charge in [-0.25, -0.2) is 4.98 Å². The maximum Gasteiger partial charge on any atom is 0.202 e. The van der Waals surface area contributed by atoms with Crippen LogP contribution in [-0.2, 0) is 6.42 Å². The van der Waals surface area contributed by atoms with Gasteiger partial charge in [0.05, 0.1) is 0 Å². The summed E-state index contributed by atoms with van der Waals surface area (Å²) in [6.07, 6.45) is 1.08. The fourth-order valence-corrected chi connectivity index (χ4v) is 2.78. The molecule has 0 aliphatic heterocycles. The highest BCUT2D eigenvalue weighted by Gasteiger charge is 2.30. The van der Waals surface area contributed by atoms with E-state index in [-0.39, 0.29) is 0 Å². The van der Waals surface area contributed by atoms with E-state index in [4.69, 9.17) is 0 Å². The van der Waals surface area contributed by atoms with Gasteiger partial charge >= 0.3 is 0 Å². The van der Waals surface area contributed by atoms with Crippen molar-refractivity contribution < 1.29 is 0 Å². The number of fused-ring (bicyclic) bond motifs is 1. The van der Waals surface area contributed by atoms with Crippen molar-refractivity contribution in [1.82, 2.24) is 9.36 Å². The smallest absolute Gasteiger partial charge is 0.202 e. The zero-order valence-electron chi connectivity index (χ0n) is 9.10. The van der Waals surface area contributed by atoms with E-state index >= 15 is 0 Å². The van der Waals surface area contributed by atoms with E-state index in [9.17, 15) is 0 Å². The largest absolute Gasteiger partial charge is 0.361 e. The van der Waals surface area contributed by atoms with E-state index < -0.39 is 0 Å². The predicted molar refractivity (Wildman–Crippen MR) is 66.1 cm³/mol. The van der Waals surface area contributed by atoms with Crippen LogP contribution in [0, 0.1) is 0 Å². The minimum Gasteiger partial charge on any atom is -0.361 e.